The smallest absolute Gasteiger partial charge is 0.337 e. The lowest BCUT2D eigenvalue weighted by Crippen LogP contribution is -2.49. The SMILES string of the molecule is COC(=O)c1cccc(C(=O)N[C@H]2C[C@H]3CN(C4COCCOC4)C[C@H]3C[C@@H]2O)c1. The van der Waals surface area contributed by atoms with Crippen LogP contribution in [0, 0.1) is 11.8 Å². The molecule has 1 aliphatic carbocycles. The molecule has 2 aliphatic heterocycles. The van der Waals surface area contributed by atoms with E-state index in [9.17, 15) is 14.7 Å². The van der Waals surface area contributed by atoms with E-state index in [0.717, 1.165) is 19.5 Å². The highest BCUT2D eigenvalue weighted by Gasteiger charge is 2.44. The molecule has 0 aromatic heterocycles. The molecule has 1 amide bonds. The molecule has 8 nitrogen and oxygen atoms in total. The van der Waals surface area contributed by atoms with E-state index in [0.29, 0.717) is 55.8 Å². The molecule has 2 saturated heterocycles. The molecule has 0 spiro atoms. The van der Waals surface area contributed by atoms with Gasteiger partial charge in [-0.3, -0.25) is 9.69 Å². The molecule has 2 heterocycles. The molecule has 8 heteroatoms. The van der Waals surface area contributed by atoms with E-state index in [4.69, 9.17) is 14.2 Å². The van der Waals surface area contributed by atoms with Gasteiger partial charge in [0.2, 0.25) is 0 Å². The van der Waals surface area contributed by atoms with Crippen molar-refractivity contribution in [2.24, 2.45) is 11.8 Å². The second-order valence-electron chi connectivity index (χ2n) is 8.47. The van der Waals surface area contributed by atoms with Crippen LogP contribution in [0.5, 0.6) is 0 Å². The maximum absolute atomic E-state index is 12.7. The summed E-state index contributed by atoms with van der Waals surface area (Å²) >= 11 is 0. The third-order valence-electron chi connectivity index (χ3n) is 6.54. The number of benzene rings is 1. The van der Waals surface area contributed by atoms with Crippen molar-refractivity contribution in [3.63, 3.8) is 0 Å². The van der Waals surface area contributed by atoms with Crippen LogP contribution in [-0.4, -0.2) is 86.7 Å². The van der Waals surface area contributed by atoms with Gasteiger partial charge in [-0.05, 0) is 42.9 Å². The number of fused-ring (bicyclic) bond motifs is 1. The van der Waals surface area contributed by atoms with E-state index in [1.54, 1.807) is 18.2 Å². The lowest BCUT2D eigenvalue weighted by atomic mass is 9.77. The van der Waals surface area contributed by atoms with E-state index in [1.165, 1.54) is 13.2 Å². The normalized spacial score (nSPS) is 30.3. The second kappa shape index (κ2) is 9.43. The fraction of sp³-hybridized carbons (Fsp3) is 0.636. The summed E-state index contributed by atoms with van der Waals surface area (Å²) in [6, 6.07) is 6.38. The number of amides is 1. The number of esters is 1. The summed E-state index contributed by atoms with van der Waals surface area (Å²) in [6.45, 7) is 4.50. The predicted octanol–water partition coefficient (Wildman–Crippen LogP) is 0.690. The van der Waals surface area contributed by atoms with Crippen LogP contribution in [0.4, 0.5) is 0 Å². The molecular weight excluding hydrogens is 388 g/mol. The number of carbonyl (C=O) groups is 2. The molecule has 0 bridgehead atoms. The summed E-state index contributed by atoms with van der Waals surface area (Å²) in [6.07, 6.45) is 0.822. The first-order valence-electron chi connectivity index (χ1n) is 10.6. The number of methoxy groups -OCH3 is 1. The van der Waals surface area contributed by atoms with Crippen molar-refractivity contribution in [1.29, 1.82) is 0 Å². The number of rotatable bonds is 4. The summed E-state index contributed by atoms with van der Waals surface area (Å²) in [5.41, 5.74) is 0.710. The summed E-state index contributed by atoms with van der Waals surface area (Å²) in [5.74, 6) is 0.0637. The fourth-order valence-electron chi connectivity index (χ4n) is 4.89. The van der Waals surface area contributed by atoms with E-state index in [2.05, 4.69) is 10.2 Å². The van der Waals surface area contributed by atoms with Crippen LogP contribution in [0.3, 0.4) is 0 Å². The first kappa shape index (κ1) is 21.2. The van der Waals surface area contributed by atoms with Crippen LogP contribution in [0.2, 0.25) is 0 Å². The van der Waals surface area contributed by atoms with Gasteiger partial charge in [-0.25, -0.2) is 4.79 Å². The highest BCUT2D eigenvalue weighted by molar-refractivity contribution is 5.98. The Bertz CT molecular complexity index is 764. The van der Waals surface area contributed by atoms with Gasteiger partial charge in [0.05, 0.1) is 57.3 Å². The highest BCUT2D eigenvalue weighted by Crippen LogP contribution is 2.37. The minimum atomic E-state index is -0.583. The molecule has 4 atom stereocenters. The van der Waals surface area contributed by atoms with Gasteiger partial charge >= 0.3 is 5.97 Å². The Morgan fingerprint density at radius 1 is 1.10 bits per heavy atom. The zero-order valence-electron chi connectivity index (χ0n) is 17.3. The van der Waals surface area contributed by atoms with Gasteiger partial charge in [-0.15, -0.1) is 0 Å². The number of nitrogens with zero attached hydrogens (tertiary/aromatic N) is 1. The van der Waals surface area contributed by atoms with Gasteiger partial charge in [0.25, 0.3) is 5.91 Å². The molecule has 1 aromatic carbocycles. The van der Waals surface area contributed by atoms with Crippen LogP contribution in [0.15, 0.2) is 24.3 Å². The molecule has 1 aromatic rings. The van der Waals surface area contributed by atoms with E-state index in [-0.39, 0.29) is 18.0 Å². The molecule has 164 valence electrons. The Balaban J connectivity index is 1.37. The number of hydrogen-bond acceptors (Lipinski definition) is 7. The lowest BCUT2D eigenvalue weighted by Gasteiger charge is -2.35. The minimum absolute atomic E-state index is 0.254. The molecule has 4 rings (SSSR count). The van der Waals surface area contributed by atoms with Crippen LogP contribution in [0.1, 0.15) is 33.6 Å². The molecule has 1 saturated carbocycles. The van der Waals surface area contributed by atoms with E-state index < -0.39 is 12.1 Å². The minimum Gasteiger partial charge on any atom is -0.465 e. The van der Waals surface area contributed by atoms with Crippen LogP contribution in [-0.2, 0) is 14.2 Å². The average Bonchev–Trinajstić information content (AvgIpc) is 2.97. The van der Waals surface area contributed by atoms with Crippen molar-refractivity contribution < 1.29 is 28.9 Å². The number of ether oxygens (including phenoxy) is 3. The van der Waals surface area contributed by atoms with E-state index >= 15 is 0 Å². The molecule has 0 unspecified atom stereocenters. The van der Waals surface area contributed by atoms with Crippen LogP contribution >= 0.6 is 0 Å². The van der Waals surface area contributed by atoms with Gasteiger partial charge in [-0.2, -0.15) is 0 Å². The van der Waals surface area contributed by atoms with Gasteiger partial charge in [-0.1, -0.05) is 6.07 Å². The first-order valence-corrected chi connectivity index (χ1v) is 10.6. The summed E-state index contributed by atoms with van der Waals surface area (Å²) in [7, 11) is 1.31. The van der Waals surface area contributed by atoms with Gasteiger partial charge in [0.15, 0.2) is 0 Å². The van der Waals surface area contributed by atoms with Crippen molar-refractivity contribution in [2.75, 3.05) is 46.6 Å². The number of hydrogen-bond donors (Lipinski definition) is 2. The van der Waals surface area contributed by atoms with Crippen LogP contribution in [0.25, 0.3) is 0 Å². The number of carbonyl (C=O) groups excluding carboxylic acids is 2. The maximum Gasteiger partial charge on any atom is 0.337 e. The van der Waals surface area contributed by atoms with Crippen molar-refractivity contribution >= 4 is 11.9 Å². The zero-order chi connectivity index (χ0) is 21.1. The Labute approximate surface area is 176 Å². The largest absolute Gasteiger partial charge is 0.465 e. The van der Waals surface area contributed by atoms with Gasteiger partial charge in [0, 0.05) is 18.7 Å². The monoisotopic (exact) mass is 418 g/mol. The molecule has 30 heavy (non-hydrogen) atoms. The van der Waals surface area contributed by atoms with Crippen LogP contribution < -0.4 is 5.32 Å². The Morgan fingerprint density at radius 2 is 1.77 bits per heavy atom. The lowest BCUT2D eigenvalue weighted by molar-refractivity contribution is 0.0460. The molecular formula is C22H30N2O6. The second-order valence-corrected chi connectivity index (χ2v) is 8.47. The quantitative estimate of drug-likeness (QED) is 0.695. The fourth-order valence-corrected chi connectivity index (χ4v) is 4.89. The van der Waals surface area contributed by atoms with Crippen molar-refractivity contribution in [3.05, 3.63) is 35.4 Å². The third kappa shape index (κ3) is 4.67. The summed E-state index contributed by atoms with van der Waals surface area (Å²) < 4.78 is 16.0. The summed E-state index contributed by atoms with van der Waals surface area (Å²) in [5, 5.41) is 13.7. The summed E-state index contributed by atoms with van der Waals surface area (Å²) in [4.78, 5) is 26.9. The average molecular weight is 418 g/mol. The first-order chi connectivity index (χ1) is 14.5. The van der Waals surface area contributed by atoms with Gasteiger partial charge < -0.3 is 24.6 Å². The highest BCUT2D eigenvalue weighted by atomic mass is 16.5. The molecule has 2 N–H and O–H groups in total. The van der Waals surface area contributed by atoms with E-state index in [1.807, 2.05) is 0 Å². The number of aliphatic hydroxyl groups is 1. The standard InChI is InChI=1S/C22H30N2O6/c1-28-22(27)15-4-2-3-14(7-15)21(26)23-19-8-16-10-24(11-17(16)9-20(19)25)18-12-29-5-6-30-13-18/h2-4,7,16-20,25H,5-6,8-13H2,1H3,(H,23,26)/t16-,17+,19-,20-/m0/s1. The topological polar surface area (TPSA) is 97.3 Å². The maximum atomic E-state index is 12.7. The Morgan fingerprint density at radius 3 is 2.47 bits per heavy atom. The van der Waals surface area contributed by atoms with Crippen molar-refractivity contribution in [2.45, 2.75) is 31.0 Å². The Kier molecular flexibility index (Phi) is 6.67. The Hall–Kier alpha value is -2.00. The number of nitrogens with one attached hydrogen (secondary N) is 1. The van der Waals surface area contributed by atoms with Crippen molar-refractivity contribution in [3.8, 4) is 0 Å². The third-order valence-corrected chi connectivity index (χ3v) is 6.54. The number of likely N-dealkylation sites (tertiary alicyclic amines) is 1. The zero-order valence-corrected chi connectivity index (χ0v) is 17.3. The number of aliphatic hydroxyl groups excluding tert-OH is 1. The molecule has 3 fully saturated rings. The van der Waals surface area contributed by atoms with Gasteiger partial charge in [0.1, 0.15) is 0 Å². The predicted molar refractivity (Wildman–Crippen MR) is 108 cm³/mol. The molecule has 3 aliphatic rings. The van der Waals surface area contributed by atoms with Crippen molar-refractivity contribution in [1.82, 2.24) is 10.2 Å². The molecule has 0 radical (unpaired) electrons.